The monoisotopic (exact) mass is 632 g/mol. The second kappa shape index (κ2) is 12.9. The van der Waals surface area contributed by atoms with Gasteiger partial charge in [-0.2, -0.15) is 4.31 Å². The molecule has 4 aromatic rings. The Morgan fingerprint density at radius 1 is 0.955 bits per heavy atom. The predicted molar refractivity (Wildman–Crippen MR) is 167 cm³/mol. The first kappa shape index (κ1) is 30.0. The highest BCUT2D eigenvalue weighted by Crippen LogP contribution is 2.29. The van der Waals surface area contributed by atoms with Crippen molar-refractivity contribution in [2.24, 2.45) is 0 Å². The molecule has 2 aliphatic rings. The number of carbonyl (C=O) groups is 2. The summed E-state index contributed by atoms with van der Waals surface area (Å²) >= 11 is 1.30. The van der Waals surface area contributed by atoms with Gasteiger partial charge in [-0.3, -0.25) is 14.2 Å². The van der Waals surface area contributed by atoms with Crippen LogP contribution in [0.1, 0.15) is 27.3 Å². The van der Waals surface area contributed by atoms with E-state index in [9.17, 15) is 18.0 Å². The third-order valence-electron chi connectivity index (χ3n) is 7.60. The van der Waals surface area contributed by atoms with Crippen LogP contribution < -0.4 is 10.2 Å². The van der Waals surface area contributed by atoms with Crippen LogP contribution in [0.4, 0.5) is 5.69 Å². The minimum atomic E-state index is -3.66. The van der Waals surface area contributed by atoms with Crippen molar-refractivity contribution >= 4 is 39.3 Å². The third kappa shape index (κ3) is 6.27. The number of rotatable bonds is 9. The highest BCUT2D eigenvalue weighted by molar-refractivity contribution is 7.99. The zero-order valence-electron chi connectivity index (χ0n) is 24.2. The number of aromatic nitrogens is 3. The van der Waals surface area contributed by atoms with Crippen molar-refractivity contribution in [3.05, 3.63) is 95.3 Å². The fourth-order valence-corrected chi connectivity index (χ4v) is 7.57. The molecule has 0 atom stereocenters. The molecule has 3 aromatic carbocycles. The molecular weight excluding hydrogens is 601 g/mol. The Morgan fingerprint density at radius 3 is 2.50 bits per heavy atom. The second-order valence-electron chi connectivity index (χ2n) is 10.5. The summed E-state index contributed by atoms with van der Waals surface area (Å²) in [5.74, 6) is 0.297. The SMILES string of the molecule is Cc1cccc(-n2c(CNC(=O)c3ccc(S(=O)(=O)N4CCOCC4)cc3)nnc2SCC(=O)N2CCc3ccccc32)c1. The summed E-state index contributed by atoms with van der Waals surface area (Å²) in [4.78, 5) is 28.2. The number of ether oxygens (including phenoxy) is 1. The van der Waals surface area contributed by atoms with Crippen LogP contribution >= 0.6 is 11.8 Å². The molecule has 0 unspecified atom stereocenters. The van der Waals surface area contributed by atoms with Gasteiger partial charge in [-0.15, -0.1) is 10.2 Å². The quantitative estimate of drug-likeness (QED) is 0.279. The van der Waals surface area contributed by atoms with Crippen LogP contribution in [0.15, 0.2) is 82.8 Å². The van der Waals surface area contributed by atoms with E-state index in [1.165, 1.54) is 45.9 Å². The van der Waals surface area contributed by atoms with Gasteiger partial charge in [-0.25, -0.2) is 8.42 Å². The molecule has 2 aliphatic heterocycles. The third-order valence-corrected chi connectivity index (χ3v) is 10.4. The average molecular weight is 633 g/mol. The van der Waals surface area contributed by atoms with Gasteiger partial charge in [-0.1, -0.05) is 42.1 Å². The number of amides is 2. The number of anilines is 1. The number of sulfonamides is 1. The summed E-state index contributed by atoms with van der Waals surface area (Å²) in [6.45, 7) is 4.02. The normalized spacial score (nSPS) is 15.2. The fourth-order valence-electron chi connectivity index (χ4n) is 5.31. The highest BCUT2D eigenvalue weighted by Gasteiger charge is 2.27. The Hall–Kier alpha value is -4.04. The number of hydrogen-bond acceptors (Lipinski definition) is 8. The Labute approximate surface area is 260 Å². The van der Waals surface area contributed by atoms with Crippen LogP contribution in [-0.4, -0.2) is 77.9 Å². The average Bonchev–Trinajstić information content (AvgIpc) is 3.67. The molecule has 0 radical (unpaired) electrons. The van der Waals surface area contributed by atoms with Crippen LogP contribution in [0.2, 0.25) is 0 Å². The van der Waals surface area contributed by atoms with Gasteiger partial charge in [0, 0.05) is 36.6 Å². The molecule has 44 heavy (non-hydrogen) atoms. The summed E-state index contributed by atoms with van der Waals surface area (Å²) in [5.41, 5.74) is 4.30. The van der Waals surface area contributed by atoms with Crippen molar-refractivity contribution in [3.8, 4) is 5.69 Å². The van der Waals surface area contributed by atoms with Gasteiger partial charge in [0.15, 0.2) is 11.0 Å². The van der Waals surface area contributed by atoms with Crippen LogP contribution in [-0.2, 0) is 32.5 Å². The summed E-state index contributed by atoms with van der Waals surface area (Å²) < 4.78 is 34.3. The molecule has 3 heterocycles. The fraction of sp³-hybridized carbons (Fsp3) is 0.290. The van der Waals surface area contributed by atoms with E-state index in [1.807, 2.05) is 64.9 Å². The molecule has 1 fully saturated rings. The molecule has 228 valence electrons. The maximum atomic E-state index is 13.2. The Bertz CT molecular complexity index is 1790. The van der Waals surface area contributed by atoms with Crippen LogP contribution in [0.5, 0.6) is 0 Å². The molecule has 1 saturated heterocycles. The number of carbonyl (C=O) groups excluding carboxylic acids is 2. The molecule has 13 heteroatoms. The van der Waals surface area contributed by atoms with Gasteiger partial charge in [-0.05, 0) is 66.9 Å². The number of morpholine rings is 1. The molecule has 0 aliphatic carbocycles. The number of nitrogens with zero attached hydrogens (tertiary/aromatic N) is 5. The maximum absolute atomic E-state index is 13.2. The molecule has 1 N–H and O–H groups in total. The first-order valence-electron chi connectivity index (χ1n) is 14.3. The van der Waals surface area contributed by atoms with E-state index in [-0.39, 0.29) is 29.0 Å². The Morgan fingerprint density at radius 2 is 1.73 bits per heavy atom. The van der Waals surface area contributed by atoms with Crippen molar-refractivity contribution in [2.75, 3.05) is 43.5 Å². The minimum Gasteiger partial charge on any atom is -0.379 e. The van der Waals surface area contributed by atoms with Crippen molar-refractivity contribution < 1.29 is 22.7 Å². The number of nitrogens with one attached hydrogen (secondary N) is 1. The number of aryl methyl sites for hydroxylation is 1. The summed E-state index contributed by atoms with van der Waals surface area (Å²) in [5, 5.41) is 12.1. The lowest BCUT2D eigenvalue weighted by Gasteiger charge is -2.26. The number of para-hydroxylation sites is 1. The standard InChI is InChI=1S/C31H32N6O5S2/c1-22-5-4-7-25(19-22)37-28(33-34-31(37)43-21-29(38)36-14-13-23-6-2-3-8-27(23)36)20-32-30(39)24-9-11-26(12-10-24)44(40,41)35-15-17-42-18-16-35/h2-12,19H,13-18,20-21H2,1H3,(H,32,39). The zero-order chi connectivity index (χ0) is 30.7. The second-order valence-corrected chi connectivity index (χ2v) is 13.4. The largest absolute Gasteiger partial charge is 0.379 e. The van der Waals surface area contributed by atoms with Crippen LogP contribution in [0, 0.1) is 6.92 Å². The molecule has 6 rings (SSSR count). The zero-order valence-corrected chi connectivity index (χ0v) is 25.8. The lowest BCUT2D eigenvalue weighted by atomic mass is 10.2. The number of fused-ring (bicyclic) bond motifs is 1. The molecular formula is C31H32N6O5S2. The van der Waals surface area contributed by atoms with Crippen molar-refractivity contribution in [3.63, 3.8) is 0 Å². The minimum absolute atomic E-state index is 0.00678. The number of benzene rings is 3. The van der Waals surface area contributed by atoms with Gasteiger partial charge in [0.25, 0.3) is 5.91 Å². The molecule has 2 amide bonds. The Balaban J connectivity index is 1.16. The van der Waals surface area contributed by atoms with Crippen molar-refractivity contribution in [1.29, 1.82) is 0 Å². The predicted octanol–water partition coefficient (Wildman–Crippen LogP) is 3.21. The number of hydrogen-bond donors (Lipinski definition) is 1. The number of thioether (sulfide) groups is 1. The molecule has 0 bridgehead atoms. The van der Waals surface area contributed by atoms with Crippen molar-refractivity contribution in [2.45, 2.75) is 29.9 Å². The lowest BCUT2D eigenvalue weighted by Crippen LogP contribution is -2.40. The van der Waals surface area contributed by atoms with Crippen LogP contribution in [0.25, 0.3) is 5.69 Å². The molecule has 0 saturated carbocycles. The summed E-state index contributed by atoms with van der Waals surface area (Å²) in [6, 6.07) is 21.7. The van der Waals surface area contributed by atoms with E-state index in [0.717, 1.165) is 23.4 Å². The van der Waals surface area contributed by atoms with Crippen molar-refractivity contribution in [1.82, 2.24) is 24.4 Å². The highest BCUT2D eigenvalue weighted by atomic mass is 32.2. The topological polar surface area (TPSA) is 127 Å². The Kier molecular flexibility index (Phi) is 8.80. The van der Waals surface area contributed by atoms with Gasteiger partial charge in [0.1, 0.15) is 0 Å². The van der Waals surface area contributed by atoms with E-state index in [4.69, 9.17) is 4.74 Å². The van der Waals surface area contributed by atoms with Gasteiger partial charge >= 0.3 is 0 Å². The van der Waals surface area contributed by atoms with E-state index >= 15 is 0 Å². The van der Waals surface area contributed by atoms with Gasteiger partial charge < -0.3 is 15.0 Å². The maximum Gasteiger partial charge on any atom is 0.251 e. The first-order chi connectivity index (χ1) is 21.3. The first-order valence-corrected chi connectivity index (χ1v) is 16.7. The van der Waals surface area contributed by atoms with Crippen LogP contribution in [0.3, 0.4) is 0 Å². The summed E-state index contributed by atoms with van der Waals surface area (Å²) in [7, 11) is -3.66. The lowest BCUT2D eigenvalue weighted by molar-refractivity contribution is -0.116. The molecule has 11 nitrogen and oxygen atoms in total. The smallest absolute Gasteiger partial charge is 0.251 e. The summed E-state index contributed by atoms with van der Waals surface area (Å²) in [6.07, 6.45) is 0.836. The van der Waals surface area contributed by atoms with E-state index in [1.54, 1.807) is 0 Å². The van der Waals surface area contributed by atoms with E-state index in [0.29, 0.717) is 49.4 Å². The van der Waals surface area contributed by atoms with E-state index in [2.05, 4.69) is 15.5 Å². The molecule has 0 spiro atoms. The molecule has 1 aromatic heterocycles. The van der Waals surface area contributed by atoms with Gasteiger partial charge in [0.05, 0.1) is 30.4 Å². The van der Waals surface area contributed by atoms with E-state index < -0.39 is 10.0 Å². The van der Waals surface area contributed by atoms with Gasteiger partial charge in [0.2, 0.25) is 15.9 Å².